The number of carbonyl (C=O) groups is 1. The highest BCUT2D eigenvalue weighted by molar-refractivity contribution is 5.95. The first-order valence-corrected chi connectivity index (χ1v) is 5.65. The number of nitrogens with zero attached hydrogens (tertiary/aromatic N) is 3. The van der Waals surface area contributed by atoms with Gasteiger partial charge >= 0.3 is 5.97 Å². The number of hydrogen-bond donors (Lipinski definition) is 0. The zero-order chi connectivity index (χ0) is 13.7. The molecule has 0 bridgehead atoms. The maximum atomic E-state index is 11.7. The predicted octanol–water partition coefficient (Wildman–Crippen LogP) is 2.02. The molecule has 6 heteroatoms. The first-order valence-electron chi connectivity index (χ1n) is 5.65. The van der Waals surface area contributed by atoms with Crippen molar-refractivity contribution in [1.82, 2.24) is 9.78 Å². The molecule has 0 N–H and O–H groups in total. The summed E-state index contributed by atoms with van der Waals surface area (Å²) in [4.78, 5) is 25.7. The Kier molecular flexibility index (Phi) is 3.85. The van der Waals surface area contributed by atoms with E-state index < -0.39 is 5.97 Å². The van der Waals surface area contributed by atoms with Gasteiger partial charge in [0.25, 0.3) is 0 Å². The van der Waals surface area contributed by atoms with Crippen LogP contribution < -0.4 is 0 Å². The Balaban J connectivity index is 2.46. The second-order valence-electron chi connectivity index (χ2n) is 3.58. The van der Waals surface area contributed by atoms with Crippen molar-refractivity contribution in [3.8, 4) is 5.69 Å². The number of rotatable bonds is 4. The third-order valence-electron chi connectivity index (χ3n) is 2.41. The Hall–Kier alpha value is -2.72. The van der Waals surface area contributed by atoms with E-state index >= 15 is 0 Å². The standard InChI is InChI=1S/C13H11N3O3/c1-2-19-13(18)11-5-4-10(8-12(11)14-9-17)16-7-3-6-15-16/h3-8H,2H2,1H3. The number of esters is 1. The number of carbonyl (C=O) groups excluding carboxylic acids is 2. The maximum absolute atomic E-state index is 11.7. The Morgan fingerprint density at radius 3 is 3.00 bits per heavy atom. The van der Waals surface area contributed by atoms with E-state index in [0.29, 0.717) is 5.69 Å². The Labute approximate surface area is 109 Å². The summed E-state index contributed by atoms with van der Waals surface area (Å²) in [5.41, 5.74) is 1.12. The van der Waals surface area contributed by atoms with Gasteiger partial charge in [0, 0.05) is 12.4 Å². The largest absolute Gasteiger partial charge is 0.462 e. The molecule has 0 atom stereocenters. The molecule has 0 saturated carbocycles. The average Bonchev–Trinajstić information content (AvgIpc) is 2.93. The zero-order valence-electron chi connectivity index (χ0n) is 10.2. The molecule has 0 radical (unpaired) electrons. The molecular weight excluding hydrogens is 246 g/mol. The predicted molar refractivity (Wildman–Crippen MR) is 67.3 cm³/mol. The van der Waals surface area contributed by atoms with Gasteiger partial charge in [0.1, 0.15) is 0 Å². The molecule has 2 aromatic rings. The minimum atomic E-state index is -0.525. The number of ether oxygens (including phenoxy) is 1. The minimum Gasteiger partial charge on any atom is -0.462 e. The van der Waals surface area contributed by atoms with Crippen LogP contribution in [0.5, 0.6) is 0 Å². The fourth-order valence-electron chi connectivity index (χ4n) is 1.61. The van der Waals surface area contributed by atoms with Crippen LogP contribution in [0.15, 0.2) is 41.7 Å². The van der Waals surface area contributed by atoms with Crippen molar-refractivity contribution in [3.05, 3.63) is 42.2 Å². The van der Waals surface area contributed by atoms with Crippen LogP contribution in [-0.4, -0.2) is 28.4 Å². The Morgan fingerprint density at radius 2 is 2.37 bits per heavy atom. The van der Waals surface area contributed by atoms with Gasteiger partial charge in [-0.05, 0) is 31.2 Å². The van der Waals surface area contributed by atoms with Gasteiger partial charge in [0.2, 0.25) is 6.08 Å². The van der Waals surface area contributed by atoms with Crippen LogP contribution in [0.25, 0.3) is 5.69 Å². The van der Waals surface area contributed by atoms with Crippen molar-refractivity contribution in [2.75, 3.05) is 6.61 Å². The van der Waals surface area contributed by atoms with E-state index in [9.17, 15) is 9.59 Å². The molecule has 96 valence electrons. The minimum absolute atomic E-state index is 0.210. The van der Waals surface area contributed by atoms with Gasteiger partial charge in [-0.2, -0.15) is 10.1 Å². The molecule has 0 saturated heterocycles. The SMILES string of the molecule is CCOC(=O)c1ccc(-n2cccn2)cc1N=C=O. The summed E-state index contributed by atoms with van der Waals surface area (Å²) >= 11 is 0. The van der Waals surface area contributed by atoms with Gasteiger partial charge in [0.15, 0.2) is 0 Å². The molecule has 0 amide bonds. The molecule has 1 heterocycles. The monoisotopic (exact) mass is 257 g/mol. The van der Waals surface area contributed by atoms with Crippen molar-refractivity contribution < 1.29 is 14.3 Å². The summed E-state index contributed by atoms with van der Waals surface area (Å²) in [6.45, 7) is 1.96. The lowest BCUT2D eigenvalue weighted by atomic mass is 10.1. The number of benzene rings is 1. The molecule has 0 aliphatic carbocycles. The highest BCUT2D eigenvalue weighted by atomic mass is 16.5. The lowest BCUT2D eigenvalue weighted by Crippen LogP contribution is -2.05. The van der Waals surface area contributed by atoms with E-state index in [4.69, 9.17) is 4.74 Å². The van der Waals surface area contributed by atoms with E-state index in [1.807, 2.05) is 0 Å². The highest BCUT2D eigenvalue weighted by Gasteiger charge is 2.13. The van der Waals surface area contributed by atoms with Gasteiger partial charge in [-0.25, -0.2) is 14.3 Å². The molecular formula is C13H11N3O3. The molecule has 0 unspecified atom stereocenters. The third-order valence-corrected chi connectivity index (χ3v) is 2.41. The van der Waals surface area contributed by atoms with E-state index in [-0.39, 0.29) is 17.9 Å². The molecule has 1 aromatic heterocycles. The highest BCUT2D eigenvalue weighted by Crippen LogP contribution is 2.23. The van der Waals surface area contributed by atoms with Crippen LogP contribution in [0.1, 0.15) is 17.3 Å². The summed E-state index contributed by atoms with van der Waals surface area (Å²) in [6, 6.07) is 6.58. The van der Waals surface area contributed by atoms with Crippen LogP contribution >= 0.6 is 0 Å². The van der Waals surface area contributed by atoms with Crippen LogP contribution in [0.3, 0.4) is 0 Å². The van der Waals surface area contributed by atoms with Crippen molar-refractivity contribution >= 4 is 17.7 Å². The molecule has 6 nitrogen and oxygen atoms in total. The molecule has 2 rings (SSSR count). The van der Waals surface area contributed by atoms with Crippen molar-refractivity contribution in [3.63, 3.8) is 0 Å². The van der Waals surface area contributed by atoms with Crippen LogP contribution in [0.4, 0.5) is 5.69 Å². The lowest BCUT2D eigenvalue weighted by molar-refractivity contribution is 0.0527. The summed E-state index contributed by atoms with van der Waals surface area (Å²) in [6.07, 6.45) is 4.80. The molecule has 1 aromatic carbocycles. The normalized spacial score (nSPS) is 9.74. The third kappa shape index (κ3) is 2.75. The van der Waals surface area contributed by atoms with E-state index in [1.165, 1.54) is 6.08 Å². The van der Waals surface area contributed by atoms with Crippen molar-refractivity contribution in [1.29, 1.82) is 0 Å². The average molecular weight is 257 g/mol. The van der Waals surface area contributed by atoms with Crippen LogP contribution in [0, 0.1) is 0 Å². The van der Waals surface area contributed by atoms with E-state index in [0.717, 1.165) is 0 Å². The molecule has 0 aliphatic rings. The fourth-order valence-corrected chi connectivity index (χ4v) is 1.61. The molecule has 19 heavy (non-hydrogen) atoms. The number of aromatic nitrogens is 2. The van der Waals surface area contributed by atoms with Crippen LogP contribution in [-0.2, 0) is 9.53 Å². The summed E-state index contributed by atoms with van der Waals surface area (Å²) in [5, 5.41) is 4.06. The van der Waals surface area contributed by atoms with Crippen molar-refractivity contribution in [2.24, 2.45) is 4.99 Å². The molecule has 0 spiro atoms. The van der Waals surface area contributed by atoms with Gasteiger partial charge in [-0.1, -0.05) is 0 Å². The zero-order valence-corrected chi connectivity index (χ0v) is 10.2. The maximum Gasteiger partial charge on any atom is 0.340 e. The summed E-state index contributed by atoms with van der Waals surface area (Å²) in [5.74, 6) is -0.525. The van der Waals surface area contributed by atoms with E-state index in [2.05, 4.69) is 10.1 Å². The quantitative estimate of drug-likeness (QED) is 0.477. The second-order valence-corrected chi connectivity index (χ2v) is 3.58. The first-order chi connectivity index (χ1) is 9.26. The molecule has 0 aliphatic heterocycles. The number of hydrogen-bond acceptors (Lipinski definition) is 5. The first kappa shape index (κ1) is 12.7. The van der Waals surface area contributed by atoms with Crippen molar-refractivity contribution in [2.45, 2.75) is 6.92 Å². The number of aliphatic imine (C=N–C) groups is 1. The van der Waals surface area contributed by atoms with Gasteiger partial charge < -0.3 is 4.74 Å². The van der Waals surface area contributed by atoms with E-state index in [1.54, 1.807) is 48.3 Å². The summed E-state index contributed by atoms with van der Waals surface area (Å²) in [7, 11) is 0. The second kappa shape index (κ2) is 5.75. The lowest BCUT2D eigenvalue weighted by Gasteiger charge is -2.07. The van der Waals surface area contributed by atoms with Gasteiger partial charge in [-0.15, -0.1) is 0 Å². The number of isocyanates is 1. The van der Waals surface area contributed by atoms with Gasteiger partial charge in [0.05, 0.1) is 23.5 Å². The molecule has 0 fully saturated rings. The Bertz CT molecular complexity index is 629. The smallest absolute Gasteiger partial charge is 0.340 e. The topological polar surface area (TPSA) is 73.6 Å². The summed E-state index contributed by atoms with van der Waals surface area (Å²) < 4.78 is 6.49. The van der Waals surface area contributed by atoms with Gasteiger partial charge in [-0.3, -0.25) is 0 Å². The van der Waals surface area contributed by atoms with Crippen LogP contribution in [0.2, 0.25) is 0 Å². The fraction of sp³-hybridized carbons (Fsp3) is 0.154. The Morgan fingerprint density at radius 1 is 1.53 bits per heavy atom.